The van der Waals surface area contributed by atoms with Crippen molar-refractivity contribution >= 4 is 61.7 Å². The molecule has 3 aromatic rings. The maximum atomic E-state index is 12.8. The Bertz CT molecular complexity index is 1290. The fraction of sp³-hybridized carbons (Fsp3) is 0. The predicted octanol–water partition coefficient (Wildman–Crippen LogP) is 4.75. The van der Waals surface area contributed by atoms with Crippen LogP contribution in [0, 0.1) is 10.1 Å². The molecule has 3 N–H and O–H groups in total. The summed E-state index contributed by atoms with van der Waals surface area (Å²) in [5.74, 6) is -1.34. The van der Waals surface area contributed by atoms with E-state index in [0.29, 0.717) is 25.6 Å². The molecular formula is C23H16Br2N4O5. The van der Waals surface area contributed by atoms with Crippen molar-refractivity contribution in [2.75, 3.05) is 0 Å². The summed E-state index contributed by atoms with van der Waals surface area (Å²) in [5, 5.41) is 27.4. The third-order valence-corrected chi connectivity index (χ3v) is 5.43. The summed E-state index contributed by atoms with van der Waals surface area (Å²) in [6.45, 7) is 0. The lowest BCUT2D eigenvalue weighted by Gasteiger charge is -2.09. The van der Waals surface area contributed by atoms with Crippen molar-refractivity contribution in [2.24, 2.45) is 5.10 Å². The molecule has 0 unspecified atom stereocenters. The minimum absolute atomic E-state index is 0.0692. The van der Waals surface area contributed by atoms with E-state index in [4.69, 9.17) is 0 Å². The van der Waals surface area contributed by atoms with E-state index in [1.165, 1.54) is 36.6 Å². The van der Waals surface area contributed by atoms with Crippen LogP contribution in [-0.2, 0) is 4.79 Å². The Morgan fingerprint density at radius 3 is 2.35 bits per heavy atom. The lowest BCUT2D eigenvalue weighted by atomic mass is 10.1. The maximum absolute atomic E-state index is 12.8. The second kappa shape index (κ2) is 11.3. The lowest BCUT2D eigenvalue weighted by molar-refractivity contribution is -0.384. The number of phenolic OH excluding ortho intramolecular Hbond substituents is 1. The second-order valence-corrected chi connectivity index (χ2v) is 8.52. The zero-order valence-corrected chi connectivity index (χ0v) is 20.4. The van der Waals surface area contributed by atoms with Crippen molar-refractivity contribution in [3.8, 4) is 5.75 Å². The molecule has 0 aliphatic heterocycles. The number of benzene rings is 3. The van der Waals surface area contributed by atoms with Gasteiger partial charge in [0.2, 0.25) is 0 Å². The van der Waals surface area contributed by atoms with Crippen LogP contribution in [0.25, 0.3) is 6.08 Å². The molecule has 0 atom stereocenters. The second-order valence-electron chi connectivity index (χ2n) is 6.75. The normalized spacial score (nSPS) is 11.3. The van der Waals surface area contributed by atoms with Crippen LogP contribution in [0.5, 0.6) is 5.75 Å². The van der Waals surface area contributed by atoms with E-state index >= 15 is 0 Å². The molecule has 0 saturated heterocycles. The van der Waals surface area contributed by atoms with E-state index in [9.17, 15) is 24.8 Å². The standard InChI is InChI=1S/C23H16Br2N4O5/c24-17-11-16(21(30)19(25)12-17)13-26-28-23(32)20(27-22(31)15-4-2-1-3-5-15)10-14-6-8-18(9-7-14)29(33)34/h1-13,30H,(H,27,31)(H,28,32)/b20-10-,26-13-. The summed E-state index contributed by atoms with van der Waals surface area (Å²) in [6, 6.07) is 17.0. The van der Waals surface area contributed by atoms with E-state index in [1.807, 2.05) is 0 Å². The fourth-order valence-electron chi connectivity index (χ4n) is 2.71. The lowest BCUT2D eigenvalue weighted by Crippen LogP contribution is -2.32. The first kappa shape index (κ1) is 24.8. The van der Waals surface area contributed by atoms with Crippen LogP contribution in [0.4, 0.5) is 5.69 Å². The molecule has 2 amide bonds. The highest BCUT2D eigenvalue weighted by Crippen LogP contribution is 2.30. The van der Waals surface area contributed by atoms with Crippen LogP contribution in [0.2, 0.25) is 0 Å². The van der Waals surface area contributed by atoms with Crippen LogP contribution >= 0.6 is 31.9 Å². The van der Waals surface area contributed by atoms with Crippen molar-refractivity contribution < 1.29 is 19.6 Å². The number of nitrogens with one attached hydrogen (secondary N) is 2. The van der Waals surface area contributed by atoms with Crippen LogP contribution in [0.3, 0.4) is 0 Å². The average molecular weight is 588 g/mol. The summed E-state index contributed by atoms with van der Waals surface area (Å²) in [5.41, 5.74) is 3.16. The highest BCUT2D eigenvalue weighted by Gasteiger charge is 2.15. The average Bonchev–Trinajstić information content (AvgIpc) is 2.82. The first-order valence-corrected chi connectivity index (χ1v) is 11.2. The number of halogens is 2. The molecule has 0 heterocycles. The quantitative estimate of drug-likeness (QED) is 0.159. The van der Waals surface area contributed by atoms with E-state index in [-0.39, 0.29) is 17.1 Å². The maximum Gasteiger partial charge on any atom is 0.287 e. The van der Waals surface area contributed by atoms with Gasteiger partial charge in [0.15, 0.2) is 0 Å². The smallest absolute Gasteiger partial charge is 0.287 e. The molecule has 0 radical (unpaired) electrons. The Hall–Kier alpha value is -3.83. The van der Waals surface area contributed by atoms with Gasteiger partial charge in [-0.25, -0.2) is 5.43 Å². The summed E-state index contributed by atoms with van der Waals surface area (Å²) in [4.78, 5) is 35.7. The van der Waals surface area contributed by atoms with E-state index in [2.05, 4.69) is 47.7 Å². The van der Waals surface area contributed by atoms with Gasteiger partial charge in [0.05, 0.1) is 15.6 Å². The third kappa shape index (κ3) is 6.59. The van der Waals surface area contributed by atoms with Crippen molar-refractivity contribution in [1.82, 2.24) is 10.7 Å². The van der Waals surface area contributed by atoms with Crippen LogP contribution in [-0.4, -0.2) is 28.1 Å². The number of hydrazone groups is 1. The Morgan fingerprint density at radius 2 is 1.71 bits per heavy atom. The summed E-state index contributed by atoms with van der Waals surface area (Å²) >= 11 is 6.52. The van der Waals surface area contributed by atoms with E-state index < -0.39 is 16.7 Å². The molecule has 0 spiro atoms. The monoisotopic (exact) mass is 586 g/mol. The predicted molar refractivity (Wildman–Crippen MR) is 134 cm³/mol. The van der Waals surface area contributed by atoms with Gasteiger partial charge in [-0.1, -0.05) is 34.1 Å². The van der Waals surface area contributed by atoms with Gasteiger partial charge >= 0.3 is 0 Å². The number of amides is 2. The largest absolute Gasteiger partial charge is 0.506 e. The van der Waals surface area contributed by atoms with Crippen LogP contribution < -0.4 is 10.7 Å². The van der Waals surface area contributed by atoms with Crippen molar-refractivity contribution in [3.05, 3.63) is 108 Å². The molecule has 0 aliphatic rings. The van der Waals surface area contributed by atoms with E-state index in [0.717, 1.165) is 0 Å². The zero-order chi connectivity index (χ0) is 24.7. The summed E-state index contributed by atoms with van der Waals surface area (Å²) < 4.78 is 1.11. The Labute approximate surface area is 210 Å². The molecule has 0 aromatic heterocycles. The molecule has 3 rings (SSSR count). The molecule has 34 heavy (non-hydrogen) atoms. The minimum atomic E-state index is -0.743. The Balaban J connectivity index is 1.85. The topological polar surface area (TPSA) is 134 Å². The SMILES string of the molecule is O=C(N/N=C\c1cc(Br)cc(Br)c1O)/C(=C/c1ccc([N+](=O)[O-])cc1)NC(=O)c1ccccc1. The number of nitrogens with zero attached hydrogens (tertiary/aromatic N) is 2. The molecule has 0 aliphatic carbocycles. The number of aromatic hydroxyl groups is 1. The van der Waals surface area contributed by atoms with Crippen LogP contribution in [0.15, 0.2) is 86.5 Å². The van der Waals surface area contributed by atoms with E-state index in [1.54, 1.807) is 42.5 Å². The van der Waals surface area contributed by atoms with Gasteiger partial charge < -0.3 is 10.4 Å². The zero-order valence-electron chi connectivity index (χ0n) is 17.2. The van der Waals surface area contributed by atoms with Crippen LogP contribution in [0.1, 0.15) is 21.5 Å². The molecular weight excluding hydrogens is 572 g/mol. The molecule has 0 bridgehead atoms. The number of phenols is 1. The molecule has 11 heteroatoms. The van der Waals surface area contributed by atoms with Gasteiger partial charge in [0.25, 0.3) is 17.5 Å². The number of rotatable bonds is 7. The van der Waals surface area contributed by atoms with Gasteiger partial charge in [0.1, 0.15) is 11.4 Å². The Kier molecular flexibility index (Phi) is 8.28. The van der Waals surface area contributed by atoms with Gasteiger partial charge in [-0.15, -0.1) is 0 Å². The molecule has 172 valence electrons. The Morgan fingerprint density at radius 1 is 1.03 bits per heavy atom. The molecule has 3 aromatic carbocycles. The first-order chi connectivity index (χ1) is 16.2. The highest BCUT2D eigenvalue weighted by atomic mass is 79.9. The number of nitro groups is 1. The number of carbonyl (C=O) groups is 2. The number of hydrogen-bond donors (Lipinski definition) is 3. The van der Waals surface area contributed by atoms with Crippen molar-refractivity contribution in [1.29, 1.82) is 0 Å². The first-order valence-electron chi connectivity index (χ1n) is 9.58. The number of hydrogen-bond acceptors (Lipinski definition) is 6. The molecule has 0 saturated carbocycles. The van der Waals surface area contributed by atoms with Gasteiger partial charge in [-0.2, -0.15) is 5.10 Å². The van der Waals surface area contributed by atoms with Gasteiger partial charge in [0, 0.05) is 27.7 Å². The summed E-state index contributed by atoms with van der Waals surface area (Å²) in [6.07, 6.45) is 2.61. The summed E-state index contributed by atoms with van der Waals surface area (Å²) in [7, 11) is 0. The minimum Gasteiger partial charge on any atom is -0.506 e. The fourth-order valence-corrected chi connectivity index (χ4v) is 3.96. The van der Waals surface area contributed by atoms with Crippen molar-refractivity contribution in [3.63, 3.8) is 0 Å². The molecule has 0 fully saturated rings. The van der Waals surface area contributed by atoms with Crippen molar-refractivity contribution in [2.45, 2.75) is 0 Å². The number of non-ortho nitro benzene ring substituents is 1. The third-order valence-electron chi connectivity index (χ3n) is 4.37. The van der Waals surface area contributed by atoms with Gasteiger partial charge in [-0.3, -0.25) is 19.7 Å². The number of nitro benzene ring substituents is 1. The van der Waals surface area contributed by atoms with Gasteiger partial charge in [-0.05, 0) is 64.0 Å². The molecule has 9 nitrogen and oxygen atoms in total. The highest BCUT2D eigenvalue weighted by molar-refractivity contribution is 9.11. The number of carbonyl (C=O) groups excluding carboxylic acids is 2.